The van der Waals surface area contributed by atoms with E-state index in [1.807, 2.05) is 0 Å². The van der Waals surface area contributed by atoms with Crippen molar-refractivity contribution >= 4 is 10.0 Å². The molecule has 1 saturated heterocycles. The molecular formula is C11H20N2O2S. The van der Waals surface area contributed by atoms with Gasteiger partial charge in [-0.1, -0.05) is 20.8 Å². The molecule has 4 nitrogen and oxygen atoms in total. The molecule has 0 aromatic rings. The molecule has 0 bridgehead atoms. The van der Waals surface area contributed by atoms with Crippen molar-refractivity contribution in [3.05, 3.63) is 0 Å². The molecule has 1 fully saturated rings. The molecule has 0 atom stereocenters. The van der Waals surface area contributed by atoms with Crippen molar-refractivity contribution in [2.24, 2.45) is 11.3 Å². The third kappa shape index (κ3) is 3.19. The quantitative estimate of drug-likeness (QED) is 0.741. The normalized spacial score (nSPS) is 20.6. The van der Waals surface area contributed by atoms with Crippen LogP contribution in [0.2, 0.25) is 0 Å². The Morgan fingerprint density at radius 2 is 1.81 bits per heavy atom. The van der Waals surface area contributed by atoms with E-state index < -0.39 is 15.8 Å². The van der Waals surface area contributed by atoms with E-state index in [9.17, 15) is 8.42 Å². The van der Waals surface area contributed by atoms with Crippen molar-refractivity contribution in [1.29, 1.82) is 5.26 Å². The fourth-order valence-electron chi connectivity index (χ4n) is 2.17. The van der Waals surface area contributed by atoms with E-state index in [4.69, 9.17) is 5.26 Å². The van der Waals surface area contributed by atoms with Crippen molar-refractivity contribution in [3.8, 4) is 6.07 Å². The van der Waals surface area contributed by atoms with Crippen LogP contribution in [-0.4, -0.2) is 31.6 Å². The van der Waals surface area contributed by atoms with E-state index in [0.717, 1.165) is 12.8 Å². The maximum atomic E-state index is 11.6. The summed E-state index contributed by atoms with van der Waals surface area (Å²) in [5.41, 5.74) is 0.241. The third-order valence-electron chi connectivity index (χ3n) is 3.32. The van der Waals surface area contributed by atoms with Gasteiger partial charge < -0.3 is 0 Å². The van der Waals surface area contributed by atoms with E-state index in [-0.39, 0.29) is 5.41 Å². The highest BCUT2D eigenvalue weighted by Crippen LogP contribution is 2.34. The summed E-state index contributed by atoms with van der Waals surface area (Å²) in [5.74, 6) is 0.175. The van der Waals surface area contributed by atoms with Crippen molar-refractivity contribution in [3.63, 3.8) is 0 Å². The Bertz CT molecular complexity index is 368. The molecule has 1 heterocycles. The van der Waals surface area contributed by atoms with Crippen molar-refractivity contribution in [2.75, 3.05) is 18.8 Å². The Hall–Kier alpha value is -0.600. The standard InChI is InChI=1S/C11H20N2O2S/c1-11(2,3)10-4-7-13(8-5-10)16(14,15)9-6-12/h10H,4-5,7-9H2,1-3H3. The summed E-state index contributed by atoms with van der Waals surface area (Å²) in [6, 6.07) is 1.72. The average molecular weight is 244 g/mol. The van der Waals surface area contributed by atoms with Crippen LogP contribution in [0.25, 0.3) is 0 Å². The van der Waals surface area contributed by atoms with Crippen LogP contribution < -0.4 is 0 Å². The average Bonchev–Trinajstić information content (AvgIpc) is 2.16. The molecule has 0 aromatic heterocycles. The molecule has 1 rings (SSSR count). The van der Waals surface area contributed by atoms with Crippen LogP contribution >= 0.6 is 0 Å². The highest BCUT2D eigenvalue weighted by molar-refractivity contribution is 7.89. The van der Waals surface area contributed by atoms with Gasteiger partial charge in [0.1, 0.15) is 0 Å². The van der Waals surface area contributed by atoms with Crippen LogP contribution in [0.3, 0.4) is 0 Å². The monoisotopic (exact) mass is 244 g/mol. The van der Waals surface area contributed by atoms with Crippen LogP contribution in [0.5, 0.6) is 0 Å². The van der Waals surface area contributed by atoms with Crippen molar-refractivity contribution in [2.45, 2.75) is 33.6 Å². The minimum Gasteiger partial charge on any atom is -0.211 e. The zero-order valence-electron chi connectivity index (χ0n) is 10.2. The van der Waals surface area contributed by atoms with Gasteiger partial charge in [0.15, 0.2) is 5.75 Å². The molecule has 1 aliphatic heterocycles. The van der Waals surface area contributed by atoms with Crippen LogP contribution in [0.1, 0.15) is 33.6 Å². The molecule has 16 heavy (non-hydrogen) atoms. The van der Waals surface area contributed by atoms with Crippen molar-refractivity contribution in [1.82, 2.24) is 4.31 Å². The number of rotatable bonds is 2. The molecule has 1 aliphatic rings. The molecule has 0 aliphatic carbocycles. The fourth-order valence-corrected chi connectivity index (χ4v) is 3.29. The van der Waals surface area contributed by atoms with Crippen molar-refractivity contribution < 1.29 is 8.42 Å². The highest BCUT2D eigenvalue weighted by Gasteiger charge is 2.32. The van der Waals surface area contributed by atoms with Crippen LogP contribution in [0.4, 0.5) is 0 Å². The largest absolute Gasteiger partial charge is 0.227 e. The first-order chi connectivity index (χ1) is 7.27. The molecule has 0 aromatic carbocycles. The van der Waals surface area contributed by atoms with Gasteiger partial charge in [-0.2, -0.15) is 5.26 Å². The number of nitrogens with zero attached hydrogens (tertiary/aromatic N) is 2. The molecule has 92 valence electrons. The summed E-state index contributed by atoms with van der Waals surface area (Å²) < 4.78 is 24.7. The predicted octanol–water partition coefficient (Wildman–Crippen LogP) is 1.60. The minimum absolute atomic E-state index is 0.241. The van der Waals surface area contributed by atoms with Gasteiger partial charge in [-0.3, -0.25) is 0 Å². The SMILES string of the molecule is CC(C)(C)C1CCN(S(=O)(=O)CC#N)CC1. The summed E-state index contributed by atoms with van der Waals surface area (Å²) in [4.78, 5) is 0. The smallest absolute Gasteiger partial charge is 0.211 e. The predicted molar refractivity (Wildman–Crippen MR) is 63.2 cm³/mol. The maximum Gasteiger partial charge on any atom is 0.227 e. The molecule has 0 saturated carbocycles. The number of hydrogen-bond acceptors (Lipinski definition) is 3. The second-order valence-corrected chi connectivity index (χ2v) is 7.42. The highest BCUT2D eigenvalue weighted by atomic mass is 32.2. The minimum atomic E-state index is -3.33. The lowest BCUT2D eigenvalue weighted by atomic mass is 9.76. The lowest BCUT2D eigenvalue weighted by Gasteiger charge is -2.37. The van der Waals surface area contributed by atoms with E-state index in [2.05, 4.69) is 20.8 Å². The lowest BCUT2D eigenvalue weighted by molar-refractivity contribution is 0.154. The zero-order chi connectivity index (χ0) is 12.4. The maximum absolute atomic E-state index is 11.6. The Morgan fingerprint density at radius 1 is 1.31 bits per heavy atom. The van der Waals surface area contributed by atoms with Gasteiger partial charge in [0.2, 0.25) is 10.0 Å². The summed E-state index contributed by atoms with van der Waals surface area (Å²) in [7, 11) is -3.33. The molecule has 0 N–H and O–H groups in total. The summed E-state index contributed by atoms with van der Waals surface area (Å²) >= 11 is 0. The molecule has 0 unspecified atom stereocenters. The summed E-state index contributed by atoms with van der Waals surface area (Å²) in [5, 5.41) is 8.46. The van der Waals surface area contributed by atoms with E-state index in [0.29, 0.717) is 19.0 Å². The first-order valence-electron chi connectivity index (χ1n) is 5.62. The Kier molecular flexibility index (Phi) is 3.97. The van der Waals surface area contributed by atoms with Crippen LogP contribution in [-0.2, 0) is 10.0 Å². The number of piperidine rings is 1. The molecular weight excluding hydrogens is 224 g/mol. The number of nitriles is 1. The second-order valence-electron chi connectivity index (χ2n) is 5.45. The van der Waals surface area contributed by atoms with Gasteiger partial charge in [-0.05, 0) is 24.2 Å². The van der Waals surface area contributed by atoms with Gasteiger partial charge in [0.05, 0.1) is 6.07 Å². The zero-order valence-corrected chi connectivity index (χ0v) is 11.0. The summed E-state index contributed by atoms with van der Waals surface area (Å²) in [6.07, 6.45) is 1.79. The van der Waals surface area contributed by atoms with E-state index in [1.54, 1.807) is 6.07 Å². The Balaban J connectivity index is 2.60. The molecule has 5 heteroatoms. The van der Waals surface area contributed by atoms with Crippen LogP contribution in [0.15, 0.2) is 0 Å². The Morgan fingerprint density at radius 3 is 2.19 bits per heavy atom. The van der Waals surface area contributed by atoms with E-state index >= 15 is 0 Å². The third-order valence-corrected chi connectivity index (χ3v) is 4.96. The first kappa shape index (κ1) is 13.5. The number of hydrogen-bond donors (Lipinski definition) is 0. The van der Waals surface area contributed by atoms with Gasteiger partial charge in [-0.15, -0.1) is 0 Å². The van der Waals surface area contributed by atoms with Gasteiger partial charge >= 0.3 is 0 Å². The first-order valence-corrected chi connectivity index (χ1v) is 7.23. The lowest BCUT2D eigenvalue weighted by Crippen LogP contribution is -2.42. The summed E-state index contributed by atoms with van der Waals surface area (Å²) in [6.45, 7) is 7.70. The second kappa shape index (κ2) is 4.72. The van der Waals surface area contributed by atoms with Gasteiger partial charge in [0.25, 0.3) is 0 Å². The molecule has 0 radical (unpaired) electrons. The molecule has 0 amide bonds. The van der Waals surface area contributed by atoms with Gasteiger partial charge in [0, 0.05) is 13.1 Å². The van der Waals surface area contributed by atoms with Gasteiger partial charge in [-0.25, -0.2) is 12.7 Å². The number of sulfonamides is 1. The molecule has 0 spiro atoms. The Labute approximate surface area is 98.3 Å². The fraction of sp³-hybridized carbons (Fsp3) is 0.909. The van der Waals surface area contributed by atoms with E-state index in [1.165, 1.54) is 4.31 Å². The van der Waals surface area contributed by atoms with Crippen LogP contribution in [0, 0.1) is 22.7 Å². The topological polar surface area (TPSA) is 61.2 Å².